The van der Waals surface area contributed by atoms with E-state index in [0.717, 1.165) is 12.0 Å². The Morgan fingerprint density at radius 1 is 1.03 bits per heavy atom. The first-order valence-corrected chi connectivity index (χ1v) is 10.1. The highest BCUT2D eigenvalue weighted by Gasteiger charge is 2.28. The lowest BCUT2D eigenvalue weighted by Crippen LogP contribution is -2.37. The largest absolute Gasteiger partial charge is 0.467 e. The number of hydrogen-bond acceptors (Lipinski definition) is 4. The number of anilines is 1. The summed E-state index contributed by atoms with van der Waals surface area (Å²) < 4.78 is 5.62. The predicted molar refractivity (Wildman–Crippen MR) is 115 cm³/mol. The Bertz CT molecular complexity index is 1030. The van der Waals surface area contributed by atoms with Gasteiger partial charge in [-0.25, -0.2) is 0 Å². The SMILES string of the molecule is CC1Cc2ccccc2N1Cc1occc1C(=O)NCC(=O)NCc1ccccc1. The second-order valence-electron chi connectivity index (χ2n) is 7.51. The van der Waals surface area contributed by atoms with E-state index < -0.39 is 0 Å². The molecule has 2 aromatic carbocycles. The molecule has 2 heterocycles. The average Bonchev–Trinajstić information content (AvgIpc) is 3.36. The molecule has 0 spiro atoms. The molecule has 0 aliphatic carbocycles. The van der Waals surface area contributed by atoms with Gasteiger partial charge in [-0.3, -0.25) is 9.59 Å². The molecule has 1 aromatic heterocycles. The predicted octanol–water partition coefficient (Wildman–Crippen LogP) is 3.28. The summed E-state index contributed by atoms with van der Waals surface area (Å²) in [6.07, 6.45) is 2.49. The summed E-state index contributed by atoms with van der Waals surface area (Å²) in [5, 5.41) is 5.49. The average molecular weight is 403 g/mol. The van der Waals surface area contributed by atoms with Crippen LogP contribution < -0.4 is 15.5 Å². The van der Waals surface area contributed by atoms with Gasteiger partial charge in [0, 0.05) is 18.3 Å². The van der Waals surface area contributed by atoms with Gasteiger partial charge in [-0.05, 0) is 36.6 Å². The zero-order valence-corrected chi connectivity index (χ0v) is 16.9. The Morgan fingerprint density at radius 3 is 2.63 bits per heavy atom. The summed E-state index contributed by atoms with van der Waals surface area (Å²) in [5.74, 6) is 0.0498. The molecule has 0 radical (unpaired) electrons. The standard InChI is InChI=1S/C24H25N3O3/c1-17-13-19-9-5-6-10-21(19)27(17)16-22-20(11-12-30-22)24(29)26-15-23(28)25-14-18-7-3-2-4-8-18/h2-12,17H,13-16H2,1H3,(H,25,28)(H,26,29). The third-order valence-electron chi connectivity index (χ3n) is 5.39. The highest BCUT2D eigenvalue weighted by Crippen LogP contribution is 2.33. The van der Waals surface area contributed by atoms with Crippen LogP contribution in [0.2, 0.25) is 0 Å². The van der Waals surface area contributed by atoms with Crippen molar-refractivity contribution in [2.75, 3.05) is 11.4 Å². The van der Waals surface area contributed by atoms with Crippen LogP contribution in [0.3, 0.4) is 0 Å². The highest BCUT2D eigenvalue weighted by molar-refractivity contribution is 5.97. The summed E-state index contributed by atoms with van der Waals surface area (Å²) >= 11 is 0. The second kappa shape index (κ2) is 8.86. The number of para-hydroxylation sites is 1. The monoisotopic (exact) mass is 403 g/mol. The van der Waals surface area contributed by atoms with Gasteiger partial charge in [0.15, 0.2) is 0 Å². The molecule has 0 saturated heterocycles. The van der Waals surface area contributed by atoms with Gasteiger partial charge < -0.3 is 20.0 Å². The van der Waals surface area contributed by atoms with Crippen molar-refractivity contribution in [1.82, 2.24) is 10.6 Å². The van der Waals surface area contributed by atoms with Gasteiger partial charge in [-0.1, -0.05) is 48.5 Å². The number of carbonyl (C=O) groups is 2. The maximum atomic E-state index is 12.6. The summed E-state index contributed by atoms with van der Waals surface area (Å²) in [5.41, 5.74) is 3.95. The molecule has 6 heteroatoms. The molecule has 1 aliphatic rings. The lowest BCUT2D eigenvalue weighted by Gasteiger charge is -2.24. The number of benzene rings is 2. The molecule has 2 N–H and O–H groups in total. The third kappa shape index (κ3) is 4.38. The van der Waals surface area contributed by atoms with Crippen LogP contribution in [0.25, 0.3) is 0 Å². The Labute approximate surface area is 175 Å². The van der Waals surface area contributed by atoms with Crippen molar-refractivity contribution in [3.05, 3.63) is 89.4 Å². The molecule has 2 amide bonds. The molecule has 6 nitrogen and oxygen atoms in total. The first-order valence-electron chi connectivity index (χ1n) is 10.1. The number of rotatable bonds is 7. The molecule has 0 bridgehead atoms. The summed E-state index contributed by atoms with van der Waals surface area (Å²) in [6, 6.07) is 19.9. The Kier molecular flexibility index (Phi) is 5.84. The van der Waals surface area contributed by atoms with Crippen LogP contribution in [-0.2, 0) is 24.3 Å². The van der Waals surface area contributed by atoms with Gasteiger partial charge in [-0.2, -0.15) is 0 Å². The van der Waals surface area contributed by atoms with Gasteiger partial charge >= 0.3 is 0 Å². The van der Waals surface area contributed by atoms with E-state index in [-0.39, 0.29) is 18.4 Å². The van der Waals surface area contributed by atoms with Crippen LogP contribution >= 0.6 is 0 Å². The number of amides is 2. The van der Waals surface area contributed by atoms with Crippen LogP contribution in [0.5, 0.6) is 0 Å². The fourth-order valence-corrected chi connectivity index (χ4v) is 3.81. The minimum atomic E-state index is -0.311. The maximum absolute atomic E-state index is 12.6. The number of hydrogen-bond donors (Lipinski definition) is 2. The molecule has 154 valence electrons. The van der Waals surface area contributed by atoms with Gasteiger partial charge in [0.25, 0.3) is 5.91 Å². The lowest BCUT2D eigenvalue weighted by atomic mass is 10.1. The van der Waals surface area contributed by atoms with E-state index in [9.17, 15) is 9.59 Å². The Balaban J connectivity index is 1.34. The minimum Gasteiger partial charge on any atom is -0.467 e. The highest BCUT2D eigenvalue weighted by atomic mass is 16.3. The number of nitrogens with one attached hydrogen (secondary N) is 2. The Morgan fingerprint density at radius 2 is 1.80 bits per heavy atom. The second-order valence-corrected chi connectivity index (χ2v) is 7.51. The molecule has 30 heavy (non-hydrogen) atoms. The quantitative estimate of drug-likeness (QED) is 0.635. The van der Waals surface area contributed by atoms with Crippen LogP contribution in [0.4, 0.5) is 5.69 Å². The van der Waals surface area contributed by atoms with Crippen molar-refractivity contribution < 1.29 is 14.0 Å². The molecule has 1 unspecified atom stereocenters. The summed E-state index contributed by atoms with van der Waals surface area (Å²) in [4.78, 5) is 27.0. The minimum absolute atomic E-state index is 0.0841. The number of carbonyl (C=O) groups excluding carboxylic acids is 2. The normalized spacial score (nSPS) is 15.0. The summed E-state index contributed by atoms with van der Waals surface area (Å²) in [6.45, 7) is 3.02. The number of nitrogens with zero attached hydrogens (tertiary/aromatic N) is 1. The fourth-order valence-electron chi connectivity index (χ4n) is 3.81. The molecule has 0 saturated carbocycles. The molecule has 3 aromatic rings. The molecule has 1 atom stereocenters. The molecule has 0 fully saturated rings. The zero-order chi connectivity index (χ0) is 20.9. The van der Waals surface area contributed by atoms with Gasteiger partial charge in [0.05, 0.1) is 24.9 Å². The van der Waals surface area contributed by atoms with Crippen molar-refractivity contribution in [2.45, 2.75) is 32.5 Å². The van der Waals surface area contributed by atoms with E-state index in [1.807, 2.05) is 42.5 Å². The van der Waals surface area contributed by atoms with Crippen LogP contribution in [0.1, 0.15) is 34.2 Å². The molecular weight excluding hydrogens is 378 g/mol. The van der Waals surface area contributed by atoms with Crippen LogP contribution in [0.15, 0.2) is 71.3 Å². The zero-order valence-electron chi connectivity index (χ0n) is 16.9. The van der Waals surface area contributed by atoms with Gasteiger partial charge in [0.1, 0.15) is 5.76 Å². The van der Waals surface area contributed by atoms with E-state index in [1.165, 1.54) is 17.5 Å². The van der Waals surface area contributed by atoms with Gasteiger partial charge in [-0.15, -0.1) is 0 Å². The van der Waals surface area contributed by atoms with E-state index in [4.69, 9.17) is 4.42 Å². The van der Waals surface area contributed by atoms with Crippen molar-refractivity contribution in [2.24, 2.45) is 0 Å². The van der Waals surface area contributed by atoms with Crippen LogP contribution in [-0.4, -0.2) is 24.4 Å². The van der Waals surface area contributed by atoms with E-state index in [1.54, 1.807) is 6.07 Å². The van der Waals surface area contributed by atoms with Crippen LogP contribution in [0, 0.1) is 0 Å². The lowest BCUT2D eigenvalue weighted by molar-refractivity contribution is -0.120. The van der Waals surface area contributed by atoms with Crippen molar-refractivity contribution >= 4 is 17.5 Å². The van der Waals surface area contributed by atoms with Crippen molar-refractivity contribution in [1.29, 1.82) is 0 Å². The van der Waals surface area contributed by atoms with E-state index in [2.05, 4.69) is 34.6 Å². The topological polar surface area (TPSA) is 74.6 Å². The summed E-state index contributed by atoms with van der Waals surface area (Å²) in [7, 11) is 0. The number of fused-ring (bicyclic) bond motifs is 1. The van der Waals surface area contributed by atoms with E-state index in [0.29, 0.717) is 30.5 Å². The number of furan rings is 1. The molecular formula is C24H25N3O3. The maximum Gasteiger partial charge on any atom is 0.255 e. The van der Waals surface area contributed by atoms with Crippen molar-refractivity contribution in [3.8, 4) is 0 Å². The van der Waals surface area contributed by atoms with Gasteiger partial charge in [0.2, 0.25) is 5.91 Å². The first kappa shape index (κ1) is 19.8. The molecule has 4 rings (SSSR count). The smallest absolute Gasteiger partial charge is 0.255 e. The fraction of sp³-hybridized carbons (Fsp3) is 0.250. The van der Waals surface area contributed by atoms with Crippen molar-refractivity contribution in [3.63, 3.8) is 0 Å². The first-order chi connectivity index (χ1) is 14.6. The Hall–Kier alpha value is -3.54. The third-order valence-corrected chi connectivity index (χ3v) is 5.39. The molecule has 1 aliphatic heterocycles. The van der Waals surface area contributed by atoms with E-state index >= 15 is 0 Å².